The molecule has 0 saturated carbocycles. The summed E-state index contributed by atoms with van der Waals surface area (Å²) >= 11 is 0. The van der Waals surface area contributed by atoms with Crippen LogP contribution in [0.1, 0.15) is 5.69 Å². The number of hydrogen-bond donors (Lipinski definition) is 1. The van der Waals surface area contributed by atoms with Gasteiger partial charge >= 0.3 is 0 Å². The lowest BCUT2D eigenvalue weighted by Crippen LogP contribution is -1.97. The van der Waals surface area contributed by atoms with E-state index in [4.69, 9.17) is 9.15 Å². The van der Waals surface area contributed by atoms with Crippen molar-refractivity contribution in [1.29, 1.82) is 0 Å². The van der Waals surface area contributed by atoms with E-state index in [0.29, 0.717) is 40.7 Å². The maximum absolute atomic E-state index is 9.23. The first-order valence-corrected chi connectivity index (χ1v) is 7.21. The molecule has 4 aromatic rings. The number of benzene rings is 1. The third kappa shape index (κ3) is 2.87. The molecule has 118 valence electrons. The van der Waals surface area contributed by atoms with Gasteiger partial charge in [-0.3, -0.25) is 9.97 Å². The quantitative estimate of drug-likeness (QED) is 0.617. The van der Waals surface area contributed by atoms with Gasteiger partial charge in [-0.15, -0.1) is 0 Å². The Morgan fingerprint density at radius 2 is 2.00 bits per heavy atom. The van der Waals surface area contributed by atoms with Crippen molar-refractivity contribution in [3.63, 3.8) is 0 Å². The van der Waals surface area contributed by atoms with Gasteiger partial charge in [-0.25, -0.2) is 9.97 Å². The van der Waals surface area contributed by atoms with Crippen LogP contribution in [0.3, 0.4) is 0 Å². The van der Waals surface area contributed by atoms with Gasteiger partial charge in [-0.05, 0) is 24.3 Å². The van der Waals surface area contributed by atoms with Crippen molar-refractivity contribution in [2.45, 2.75) is 6.61 Å². The second-order valence-corrected chi connectivity index (χ2v) is 5.04. The minimum absolute atomic E-state index is 0.124. The van der Waals surface area contributed by atoms with Gasteiger partial charge in [-0.2, -0.15) is 0 Å². The van der Waals surface area contributed by atoms with Crippen LogP contribution in [0.5, 0.6) is 11.5 Å². The lowest BCUT2D eigenvalue weighted by molar-refractivity contribution is 0.301. The van der Waals surface area contributed by atoms with Crippen LogP contribution in [0, 0.1) is 0 Å². The lowest BCUT2D eigenvalue weighted by Gasteiger charge is -2.05. The summed E-state index contributed by atoms with van der Waals surface area (Å²) in [5.74, 6) is 1.19. The van der Waals surface area contributed by atoms with E-state index in [1.165, 1.54) is 6.20 Å². The molecule has 0 spiro atoms. The molecule has 0 aliphatic rings. The zero-order valence-electron chi connectivity index (χ0n) is 12.5. The van der Waals surface area contributed by atoms with Crippen molar-refractivity contribution < 1.29 is 14.3 Å². The molecular formula is C17H12N4O3. The molecule has 0 bridgehead atoms. The average molecular weight is 320 g/mol. The Hall–Kier alpha value is -3.48. The number of pyridine rings is 1. The van der Waals surface area contributed by atoms with Crippen LogP contribution in [0.2, 0.25) is 0 Å². The van der Waals surface area contributed by atoms with E-state index >= 15 is 0 Å². The summed E-state index contributed by atoms with van der Waals surface area (Å²) in [4.78, 5) is 16.7. The molecule has 1 N–H and O–H groups in total. The summed E-state index contributed by atoms with van der Waals surface area (Å²) in [7, 11) is 0. The molecule has 0 atom stereocenters. The van der Waals surface area contributed by atoms with Crippen LogP contribution in [0.15, 0.2) is 59.5 Å². The van der Waals surface area contributed by atoms with Gasteiger partial charge in [0.15, 0.2) is 5.58 Å². The topological polar surface area (TPSA) is 94.2 Å². The molecule has 0 amide bonds. The Morgan fingerprint density at radius 3 is 2.79 bits per heavy atom. The van der Waals surface area contributed by atoms with Crippen molar-refractivity contribution in [1.82, 2.24) is 19.9 Å². The fourth-order valence-electron chi connectivity index (χ4n) is 2.18. The number of nitrogens with zero attached hydrogens (tertiary/aromatic N) is 4. The summed E-state index contributed by atoms with van der Waals surface area (Å²) < 4.78 is 11.4. The van der Waals surface area contributed by atoms with Gasteiger partial charge in [0.2, 0.25) is 5.89 Å². The third-order valence-corrected chi connectivity index (χ3v) is 3.34. The summed E-state index contributed by atoms with van der Waals surface area (Å²) in [5, 5.41) is 9.23. The molecule has 24 heavy (non-hydrogen) atoms. The lowest BCUT2D eigenvalue weighted by atomic mass is 10.3. The normalized spacial score (nSPS) is 10.8. The van der Waals surface area contributed by atoms with Crippen LogP contribution >= 0.6 is 0 Å². The van der Waals surface area contributed by atoms with E-state index in [1.54, 1.807) is 48.9 Å². The summed E-state index contributed by atoms with van der Waals surface area (Å²) in [5.41, 5.74) is 2.61. The summed E-state index contributed by atoms with van der Waals surface area (Å²) in [6.45, 7) is 0.292. The molecule has 7 nitrogen and oxygen atoms in total. The van der Waals surface area contributed by atoms with Crippen LogP contribution in [-0.2, 0) is 6.61 Å². The minimum Gasteiger partial charge on any atom is -0.506 e. The first-order valence-electron chi connectivity index (χ1n) is 7.21. The highest BCUT2D eigenvalue weighted by molar-refractivity contribution is 5.77. The van der Waals surface area contributed by atoms with Gasteiger partial charge in [0.05, 0.1) is 18.1 Å². The number of hydrogen-bond acceptors (Lipinski definition) is 7. The number of fused-ring (bicyclic) bond motifs is 1. The van der Waals surface area contributed by atoms with Crippen molar-refractivity contribution in [2.75, 3.05) is 0 Å². The Bertz CT molecular complexity index is 968. The highest BCUT2D eigenvalue weighted by atomic mass is 16.5. The maximum atomic E-state index is 9.23. The Labute approximate surface area is 136 Å². The monoisotopic (exact) mass is 320 g/mol. The van der Waals surface area contributed by atoms with E-state index in [-0.39, 0.29) is 5.75 Å². The smallest absolute Gasteiger partial charge is 0.247 e. The van der Waals surface area contributed by atoms with Gasteiger partial charge in [0, 0.05) is 18.5 Å². The van der Waals surface area contributed by atoms with Crippen molar-refractivity contribution >= 4 is 11.1 Å². The Balaban J connectivity index is 1.55. The highest BCUT2D eigenvalue weighted by Crippen LogP contribution is 2.26. The minimum atomic E-state index is 0.124. The van der Waals surface area contributed by atoms with E-state index in [1.807, 2.05) is 0 Å². The van der Waals surface area contributed by atoms with E-state index < -0.39 is 0 Å². The molecule has 0 unspecified atom stereocenters. The number of ether oxygens (including phenoxy) is 1. The first kappa shape index (κ1) is 14.1. The van der Waals surface area contributed by atoms with Crippen LogP contribution in [-0.4, -0.2) is 25.0 Å². The molecule has 4 rings (SSSR count). The summed E-state index contributed by atoms with van der Waals surface area (Å²) in [6, 6.07) is 8.66. The number of oxazole rings is 1. The molecule has 3 heterocycles. The first-order chi connectivity index (χ1) is 11.8. The van der Waals surface area contributed by atoms with E-state index in [2.05, 4.69) is 19.9 Å². The van der Waals surface area contributed by atoms with Gasteiger partial charge in [-0.1, -0.05) is 0 Å². The summed E-state index contributed by atoms with van der Waals surface area (Å²) in [6.07, 6.45) is 6.16. The third-order valence-electron chi connectivity index (χ3n) is 3.34. The van der Waals surface area contributed by atoms with Gasteiger partial charge in [0.1, 0.15) is 29.3 Å². The average Bonchev–Trinajstić information content (AvgIpc) is 3.05. The number of aromatic nitrogens is 4. The molecule has 0 fully saturated rings. The van der Waals surface area contributed by atoms with Crippen molar-refractivity contribution in [3.8, 4) is 23.1 Å². The predicted molar refractivity (Wildman–Crippen MR) is 85.3 cm³/mol. The van der Waals surface area contributed by atoms with E-state index in [0.717, 1.165) is 0 Å². The second kappa shape index (κ2) is 5.96. The zero-order valence-corrected chi connectivity index (χ0v) is 12.5. The number of aromatic hydroxyl groups is 1. The molecule has 7 heteroatoms. The molecule has 0 saturated heterocycles. The van der Waals surface area contributed by atoms with Crippen LogP contribution in [0.4, 0.5) is 0 Å². The molecule has 0 radical (unpaired) electrons. The standard InChI is InChI=1S/C17H12N4O3/c22-12-2-1-11(20-8-12)10-23-13-3-4-16-14(7-13)21-17(24-16)15-9-18-5-6-19-15/h1-9,22H,10H2. The Kier molecular flexibility index (Phi) is 3.51. The van der Waals surface area contributed by atoms with Crippen molar-refractivity contribution in [2.24, 2.45) is 0 Å². The number of rotatable bonds is 4. The van der Waals surface area contributed by atoms with Crippen LogP contribution < -0.4 is 4.74 Å². The maximum Gasteiger partial charge on any atom is 0.247 e. The molecular weight excluding hydrogens is 308 g/mol. The zero-order chi connectivity index (χ0) is 16.4. The van der Waals surface area contributed by atoms with Crippen molar-refractivity contribution in [3.05, 3.63) is 60.8 Å². The largest absolute Gasteiger partial charge is 0.506 e. The fourth-order valence-corrected chi connectivity index (χ4v) is 2.18. The van der Waals surface area contributed by atoms with Gasteiger partial charge < -0.3 is 14.3 Å². The Morgan fingerprint density at radius 1 is 1.04 bits per heavy atom. The SMILES string of the molecule is Oc1ccc(COc2ccc3oc(-c4cnccn4)nc3c2)nc1. The molecule has 3 aromatic heterocycles. The molecule has 0 aliphatic heterocycles. The second-order valence-electron chi connectivity index (χ2n) is 5.04. The van der Waals surface area contributed by atoms with E-state index in [9.17, 15) is 5.11 Å². The molecule has 1 aromatic carbocycles. The van der Waals surface area contributed by atoms with Gasteiger partial charge in [0.25, 0.3) is 0 Å². The molecule has 0 aliphatic carbocycles. The predicted octanol–water partition coefficient (Wildman–Crippen LogP) is 2.96. The fraction of sp³-hybridized carbons (Fsp3) is 0.0588. The highest BCUT2D eigenvalue weighted by Gasteiger charge is 2.10. The van der Waals surface area contributed by atoms with Crippen LogP contribution in [0.25, 0.3) is 22.7 Å².